The quantitative estimate of drug-likeness (QED) is 0.0469. The monoisotopic (exact) mass is 872 g/mol. The molecule has 1 amide bonds. The molecule has 2 aliphatic rings. The van der Waals surface area contributed by atoms with Gasteiger partial charge in [-0.3, -0.25) is 15.0 Å². The van der Waals surface area contributed by atoms with E-state index < -0.39 is 50.3 Å². The zero-order valence-corrected chi connectivity index (χ0v) is 38.2. The predicted octanol–water partition coefficient (Wildman–Crippen LogP) is 8.44. The standard InChI is InChI=1S/C49H61N8O5P/c1-34(2)57(35(3)4)63(60-30-20-29-50)61-41-31-40(55-33-56(44(51)42-45(55)53-32-52-42)47(58)36-21-12-8-13-22-36)46(59-7)54-43(41)48(5,6)62-49(37-23-14-9-15-24-37,38-25-16-10-17-26-38)39-27-18-11-19-28-39/h8-19,21-28,32,34-35,40-41,43-44,46,54H,20,30-31,33,51H2,1-7H3,(H,52,53). The van der Waals surface area contributed by atoms with Crippen LogP contribution in [0.4, 0.5) is 5.82 Å². The molecule has 1 saturated heterocycles. The molecule has 0 spiro atoms. The predicted molar refractivity (Wildman–Crippen MR) is 246 cm³/mol. The molecule has 0 bridgehead atoms. The summed E-state index contributed by atoms with van der Waals surface area (Å²) in [5.41, 5.74) is 8.85. The van der Waals surface area contributed by atoms with Gasteiger partial charge in [-0.2, -0.15) is 5.26 Å². The van der Waals surface area contributed by atoms with Gasteiger partial charge in [-0.05, 0) is 70.4 Å². The molecule has 3 heterocycles. The summed E-state index contributed by atoms with van der Waals surface area (Å²) < 4.78 is 30.5. The van der Waals surface area contributed by atoms with Crippen LogP contribution < -0.4 is 16.0 Å². The van der Waals surface area contributed by atoms with E-state index in [0.29, 0.717) is 23.5 Å². The summed E-state index contributed by atoms with van der Waals surface area (Å²) >= 11 is 0. The number of aromatic nitrogens is 2. The average Bonchev–Trinajstić information content (AvgIpc) is 3.80. The van der Waals surface area contributed by atoms with E-state index in [1.165, 1.54) is 0 Å². The van der Waals surface area contributed by atoms with Crippen molar-refractivity contribution in [2.75, 3.05) is 25.3 Å². The molecule has 7 rings (SSSR count). The molecule has 2 aliphatic heterocycles. The van der Waals surface area contributed by atoms with Gasteiger partial charge in [0.1, 0.15) is 18.0 Å². The van der Waals surface area contributed by atoms with Crippen molar-refractivity contribution in [3.63, 3.8) is 0 Å². The van der Waals surface area contributed by atoms with E-state index in [1.54, 1.807) is 30.5 Å². The van der Waals surface area contributed by atoms with Crippen LogP contribution in [0.15, 0.2) is 128 Å². The van der Waals surface area contributed by atoms with E-state index >= 15 is 0 Å². The maximum Gasteiger partial charge on any atom is 0.259 e. The number of anilines is 1. The number of amides is 1. The first-order valence-electron chi connectivity index (χ1n) is 21.7. The summed E-state index contributed by atoms with van der Waals surface area (Å²) in [4.78, 5) is 25.9. The third-order valence-electron chi connectivity index (χ3n) is 11.9. The Morgan fingerprint density at radius 1 is 0.905 bits per heavy atom. The van der Waals surface area contributed by atoms with Crippen molar-refractivity contribution >= 4 is 20.3 Å². The Kier molecular flexibility index (Phi) is 14.8. The highest BCUT2D eigenvalue weighted by molar-refractivity contribution is 7.44. The van der Waals surface area contributed by atoms with Gasteiger partial charge < -0.3 is 34.1 Å². The molecule has 63 heavy (non-hydrogen) atoms. The SMILES string of the molecule is COC1NC(C(C)(C)OC(c2ccccc2)(c2ccccc2)c2ccccc2)C(OP(OCCC#N)N(C(C)C)C(C)C)CC1N1CN(C(=O)c2ccccc2)C(N)c2[nH]cnc21. The topological polar surface area (TPSA) is 154 Å². The normalized spacial score (nSPS) is 21.1. The molecular weight excluding hydrogens is 812 g/mol. The minimum absolute atomic E-state index is 0.0645. The van der Waals surface area contributed by atoms with E-state index in [9.17, 15) is 10.1 Å². The fourth-order valence-electron chi connectivity index (χ4n) is 9.14. The average molecular weight is 873 g/mol. The van der Waals surface area contributed by atoms with E-state index in [4.69, 9.17) is 29.2 Å². The first kappa shape index (κ1) is 46.0. The second-order valence-electron chi connectivity index (χ2n) is 17.1. The molecule has 0 saturated carbocycles. The van der Waals surface area contributed by atoms with Crippen LogP contribution in [0.25, 0.3) is 0 Å². The Balaban J connectivity index is 1.35. The van der Waals surface area contributed by atoms with Crippen LogP contribution in [0.1, 0.15) is 93.3 Å². The van der Waals surface area contributed by atoms with Gasteiger partial charge in [0.25, 0.3) is 14.4 Å². The van der Waals surface area contributed by atoms with Gasteiger partial charge in [-0.1, -0.05) is 109 Å². The zero-order chi connectivity index (χ0) is 44.7. The lowest BCUT2D eigenvalue weighted by Gasteiger charge is -2.54. The second-order valence-corrected chi connectivity index (χ2v) is 18.5. The van der Waals surface area contributed by atoms with Crippen LogP contribution in [0.3, 0.4) is 0 Å². The number of hydrogen-bond acceptors (Lipinski definition) is 11. The number of fused-ring (bicyclic) bond motifs is 1. The minimum atomic E-state index is -1.71. The summed E-state index contributed by atoms with van der Waals surface area (Å²) in [6.45, 7) is 13.1. The molecular formula is C49H61N8O5P. The Labute approximate surface area is 373 Å². The number of hydrogen-bond donors (Lipinski definition) is 3. The summed E-state index contributed by atoms with van der Waals surface area (Å²) in [5.74, 6) is 0.431. The number of nitrogens with one attached hydrogen (secondary N) is 2. The highest BCUT2D eigenvalue weighted by Crippen LogP contribution is 2.51. The maximum absolute atomic E-state index is 14.2. The number of H-pyrrole nitrogens is 1. The molecule has 14 heteroatoms. The Bertz CT molecular complexity index is 2150. The van der Waals surface area contributed by atoms with Crippen molar-refractivity contribution in [3.05, 3.63) is 156 Å². The Morgan fingerprint density at radius 2 is 1.44 bits per heavy atom. The Hall–Kier alpha value is -5.00. The summed E-state index contributed by atoms with van der Waals surface area (Å²) in [6.07, 6.45) is 0.322. The fourth-order valence-corrected chi connectivity index (χ4v) is 10.9. The molecule has 0 aliphatic carbocycles. The number of carbonyl (C=O) groups excluding carboxylic acids is 1. The third kappa shape index (κ3) is 9.60. The van der Waals surface area contributed by atoms with Gasteiger partial charge in [-0.15, -0.1) is 0 Å². The number of ether oxygens (including phenoxy) is 2. The molecule has 5 aromatic rings. The number of carbonyl (C=O) groups is 1. The van der Waals surface area contributed by atoms with Crippen molar-refractivity contribution in [2.45, 2.75) is 108 Å². The highest BCUT2D eigenvalue weighted by Gasteiger charge is 2.54. The zero-order valence-electron chi connectivity index (χ0n) is 37.3. The molecule has 1 aromatic heterocycles. The first-order chi connectivity index (χ1) is 30.4. The molecule has 4 aromatic carbocycles. The number of nitrogens with two attached hydrogens (primary N) is 1. The summed E-state index contributed by atoms with van der Waals surface area (Å²) in [5, 5.41) is 13.5. The molecule has 6 unspecified atom stereocenters. The molecule has 6 atom stereocenters. The van der Waals surface area contributed by atoms with Crippen molar-refractivity contribution in [1.29, 1.82) is 5.26 Å². The lowest BCUT2D eigenvalue weighted by Crippen LogP contribution is -2.70. The number of nitrogens with zero attached hydrogens (tertiary/aromatic N) is 5. The third-order valence-corrected chi connectivity index (χ3v) is 14.1. The van der Waals surface area contributed by atoms with Gasteiger partial charge in [0.05, 0.1) is 61.6 Å². The van der Waals surface area contributed by atoms with Crippen LogP contribution in [0.2, 0.25) is 0 Å². The largest absolute Gasteiger partial charge is 0.364 e. The van der Waals surface area contributed by atoms with E-state index in [0.717, 1.165) is 16.7 Å². The maximum atomic E-state index is 14.2. The smallest absolute Gasteiger partial charge is 0.259 e. The van der Waals surface area contributed by atoms with Crippen LogP contribution >= 0.6 is 8.53 Å². The molecule has 0 radical (unpaired) electrons. The van der Waals surface area contributed by atoms with Crippen molar-refractivity contribution in [2.24, 2.45) is 5.73 Å². The van der Waals surface area contributed by atoms with Gasteiger partial charge in [0.15, 0.2) is 5.82 Å². The van der Waals surface area contributed by atoms with E-state index in [2.05, 4.69) is 104 Å². The van der Waals surface area contributed by atoms with E-state index in [-0.39, 0.29) is 37.7 Å². The number of imidazole rings is 1. The van der Waals surface area contributed by atoms with E-state index in [1.807, 2.05) is 72.8 Å². The van der Waals surface area contributed by atoms with Crippen LogP contribution in [-0.4, -0.2) is 87.9 Å². The van der Waals surface area contributed by atoms with Gasteiger partial charge in [0.2, 0.25) is 0 Å². The van der Waals surface area contributed by atoms with Crippen molar-refractivity contribution in [1.82, 2.24) is 24.9 Å². The first-order valence-corrected chi connectivity index (χ1v) is 22.9. The molecule has 332 valence electrons. The van der Waals surface area contributed by atoms with Crippen LogP contribution in [-0.2, 0) is 24.1 Å². The van der Waals surface area contributed by atoms with Gasteiger partial charge >= 0.3 is 0 Å². The Morgan fingerprint density at radius 3 is 1.95 bits per heavy atom. The molecule has 13 nitrogen and oxygen atoms in total. The lowest BCUT2D eigenvalue weighted by molar-refractivity contribution is -0.158. The number of rotatable bonds is 17. The summed E-state index contributed by atoms with van der Waals surface area (Å²) in [6, 6.07) is 41.6. The lowest BCUT2D eigenvalue weighted by atomic mass is 9.78. The molecule has 4 N–H and O–H groups in total. The van der Waals surface area contributed by atoms with Gasteiger partial charge in [0, 0.05) is 31.2 Å². The number of benzene rings is 4. The highest BCUT2D eigenvalue weighted by atomic mass is 31.2. The number of aromatic amines is 1. The molecule has 1 fully saturated rings. The van der Waals surface area contributed by atoms with Crippen molar-refractivity contribution < 1.29 is 23.3 Å². The number of nitriles is 1. The van der Waals surface area contributed by atoms with Crippen LogP contribution in [0.5, 0.6) is 0 Å². The summed E-state index contributed by atoms with van der Waals surface area (Å²) in [7, 11) is -0.0251. The fraction of sp³-hybridized carbons (Fsp3) is 0.408. The van der Waals surface area contributed by atoms with Gasteiger partial charge in [-0.25, -0.2) is 9.65 Å². The minimum Gasteiger partial charge on any atom is -0.364 e. The number of methoxy groups -OCH3 is 1. The van der Waals surface area contributed by atoms with Crippen molar-refractivity contribution in [3.8, 4) is 6.07 Å². The number of piperidine rings is 1. The van der Waals surface area contributed by atoms with Crippen LogP contribution in [0, 0.1) is 11.3 Å². The second kappa shape index (κ2) is 20.2.